The Hall–Kier alpha value is -1.94. The molecule has 0 saturated carbocycles. The third-order valence-electron chi connectivity index (χ3n) is 4.04. The Balaban J connectivity index is 2.31. The molecule has 0 aliphatic heterocycles. The molecule has 0 bridgehead atoms. The van der Waals surface area contributed by atoms with Crippen LogP contribution in [-0.4, -0.2) is 16.4 Å². The van der Waals surface area contributed by atoms with E-state index >= 15 is 0 Å². The number of thiocarbonyl (C=S) groups is 1. The van der Waals surface area contributed by atoms with Gasteiger partial charge in [-0.05, 0) is 35.7 Å². The summed E-state index contributed by atoms with van der Waals surface area (Å²) in [6, 6.07) is 13.6. The predicted octanol–water partition coefficient (Wildman–Crippen LogP) is 3.41. The lowest BCUT2D eigenvalue weighted by Gasteiger charge is -2.31. The van der Waals surface area contributed by atoms with Crippen molar-refractivity contribution in [3.8, 4) is 0 Å². The van der Waals surface area contributed by atoms with Crippen LogP contribution in [-0.2, 0) is 0 Å². The van der Waals surface area contributed by atoms with Gasteiger partial charge in [0.1, 0.15) is 0 Å². The third kappa shape index (κ3) is 3.05. The molecule has 110 valence electrons. The minimum atomic E-state index is -0.613. The molecule has 0 atom stereocenters. The Morgan fingerprint density at radius 2 is 1.76 bits per heavy atom. The summed E-state index contributed by atoms with van der Waals surface area (Å²) in [4.78, 5) is 12.8. The van der Waals surface area contributed by atoms with Crippen molar-refractivity contribution in [3.63, 3.8) is 0 Å². The van der Waals surface area contributed by atoms with Crippen molar-refractivity contribution in [3.05, 3.63) is 48.0 Å². The maximum atomic E-state index is 12.5. The van der Waals surface area contributed by atoms with E-state index in [1.807, 2.05) is 56.3 Å². The van der Waals surface area contributed by atoms with Gasteiger partial charge in [-0.15, -0.1) is 0 Å². The average molecular weight is 300 g/mol. The van der Waals surface area contributed by atoms with E-state index in [-0.39, 0.29) is 5.91 Å². The standard InChI is InChI=1S/C17H20N2OS/c1-3-17(4-2,16(18)21)19-15(20)14-10-9-12-7-5-6-8-13(12)11-14/h5-11H,3-4H2,1-2H3,(H2,18,21)(H,19,20). The molecule has 2 aromatic rings. The number of rotatable bonds is 5. The number of carbonyl (C=O) groups is 1. The first-order chi connectivity index (χ1) is 10.0. The lowest BCUT2D eigenvalue weighted by atomic mass is 9.92. The highest BCUT2D eigenvalue weighted by atomic mass is 32.1. The SMILES string of the molecule is CCC(CC)(NC(=O)c1ccc2ccccc2c1)C(N)=S. The highest BCUT2D eigenvalue weighted by molar-refractivity contribution is 7.80. The largest absolute Gasteiger partial charge is 0.391 e. The molecule has 0 fully saturated rings. The van der Waals surface area contributed by atoms with E-state index in [0.29, 0.717) is 23.4 Å². The highest BCUT2D eigenvalue weighted by Gasteiger charge is 2.31. The van der Waals surface area contributed by atoms with Crippen molar-refractivity contribution < 1.29 is 4.79 Å². The molecule has 0 unspecified atom stereocenters. The van der Waals surface area contributed by atoms with E-state index in [4.69, 9.17) is 18.0 Å². The summed E-state index contributed by atoms with van der Waals surface area (Å²) < 4.78 is 0. The van der Waals surface area contributed by atoms with Crippen molar-refractivity contribution in [1.82, 2.24) is 5.32 Å². The Kier molecular flexibility index (Phi) is 4.58. The number of hydrogen-bond donors (Lipinski definition) is 2. The van der Waals surface area contributed by atoms with Gasteiger partial charge in [0.15, 0.2) is 0 Å². The van der Waals surface area contributed by atoms with Gasteiger partial charge in [0.25, 0.3) is 5.91 Å². The number of nitrogens with one attached hydrogen (secondary N) is 1. The molecule has 3 N–H and O–H groups in total. The number of amides is 1. The van der Waals surface area contributed by atoms with Gasteiger partial charge in [0.2, 0.25) is 0 Å². The molecular weight excluding hydrogens is 280 g/mol. The molecule has 2 rings (SSSR count). The molecule has 3 nitrogen and oxygen atoms in total. The van der Waals surface area contributed by atoms with E-state index in [9.17, 15) is 4.79 Å². The molecular formula is C17H20N2OS. The first-order valence-corrected chi connectivity index (χ1v) is 7.54. The first kappa shape index (κ1) is 15.4. The van der Waals surface area contributed by atoms with Gasteiger partial charge in [-0.3, -0.25) is 4.79 Å². The molecule has 21 heavy (non-hydrogen) atoms. The Morgan fingerprint density at radius 3 is 2.33 bits per heavy atom. The van der Waals surface area contributed by atoms with Crippen LogP contribution in [0.15, 0.2) is 42.5 Å². The van der Waals surface area contributed by atoms with E-state index in [1.165, 1.54) is 0 Å². The summed E-state index contributed by atoms with van der Waals surface area (Å²) in [5.41, 5.74) is 5.83. The number of hydrogen-bond acceptors (Lipinski definition) is 2. The zero-order valence-electron chi connectivity index (χ0n) is 12.3. The fraction of sp³-hybridized carbons (Fsp3) is 0.294. The van der Waals surface area contributed by atoms with E-state index in [1.54, 1.807) is 0 Å². The lowest BCUT2D eigenvalue weighted by molar-refractivity contribution is 0.0920. The fourth-order valence-electron chi connectivity index (χ4n) is 2.46. The van der Waals surface area contributed by atoms with Gasteiger partial charge >= 0.3 is 0 Å². The second kappa shape index (κ2) is 6.22. The summed E-state index contributed by atoms with van der Waals surface area (Å²) in [6.07, 6.45) is 1.36. The van der Waals surface area contributed by atoms with Crippen LogP contribution in [0.1, 0.15) is 37.0 Å². The predicted molar refractivity (Wildman–Crippen MR) is 91.5 cm³/mol. The van der Waals surface area contributed by atoms with Crippen molar-refractivity contribution in [2.24, 2.45) is 5.73 Å². The average Bonchev–Trinajstić information content (AvgIpc) is 2.51. The van der Waals surface area contributed by atoms with Gasteiger partial charge < -0.3 is 11.1 Å². The molecule has 0 aliphatic carbocycles. The van der Waals surface area contributed by atoms with Gasteiger partial charge in [0.05, 0.1) is 10.5 Å². The minimum Gasteiger partial charge on any atom is -0.391 e. The highest BCUT2D eigenvalue weighted by Crippen LogP contribution is 2.19. The maximum absolute atomic E-state index is 12.5. The second-order valence-corrected chi connectivity index (χ2v) is 5.61. The van der Waals surface area contributed by atoms with Crippen LogP contribution in [0.3, 0.4) is 0 Å². The quantitative estimate of drug-likeness (QED) is 0.832. The van der Waals surface area contributed by atoms with Gasteiger partial charge in [0, 0.05) is 5.56 Å². The normalized spacial score (nSPS) is 11.3. The molecule has 0 spiro atoms. The Bertz CT molecular complexity index is 677. The molecule has 0 saturated heterocycles. The topological polar surface area (TPSA) is 55.1 Å². The summed E-state index contributed by atoms with van der Waals surface area (Å²) in [7, 11) is 0. The third-order valence-corrected chi connectivity index (χ3v) is 4.43. The smallest absolute Gasteiger partial charge is 0.252 e. The van der Waals surface area contributed by atoms with Crippen molar-refractivity contribution in [2.45, 2.75) is 32.2 Å². The Morgan fingerprint density at radius 1 is 1.14 bits per heavy atom. The number of carbonyl (C=O) groups excluding carboxylic acids is 1. The number of benzene rings is 2. The molecule has 2 aromatic carbocycles. The molecule has 0 aromatic heterocycles. The lowest BCUT2D eigenvalue weighted by Crippen LogP contribution is -2.55. The fourth-order valence-corrected chi connectivity index (χ4v) is 2.80. The molecule has 0 heterocycles. The van der Waals surface area contributed by atoms with Crippen molar-refractivity contribution in [1.29, 1.82) is 0 Å². The van der Waals surface area contributed by atoms with E-state index in [0.717, 1.165) is 10.8 Å². The van der Waals surface area contributed by atoms with Gasteiger partial charge in [-0.25, -0.2) is 0 Å². The zero-order valence-corrected chi connectivity index (χ0v) is 13.2. The van der Waals surface area contributed by atoms with Crippen LogP contribution in [0.4, 0.5) is 0 Å². The number of fused-ring (bicyclic) bond motifs is 1. The zero-order chi connectivity index (χ0) is 15.5. The Labute approximate surface area is 130 Å². The summed E-state index contributed by atoms with van der Waals surface area (Å²) >= 11 is 5.14. The summed E-state index contributed by atoms with van der Waals surface area (Å²) in [6.45, 7) is 3.95. The van der Waals surface area contributed by atoms with Gasteiger partial charge in [-0.1, -0.05) is 56.4 Å². The van der Waals surface area contributed by atoms with Crippen LogP contribution >= 0.6 is 12.2 Å². The molecule has 4 heteroatoms. The summed E-state index contributed by atoms with van der Waals surface area (Å²) in [5, 5.41) is 5.16. The minimum absolute atomic E-state index is 0.141. The second-order valence-electron chi connectivity index (χ2n) is 5.17. The van der Waals surface area contributed by atoms with Crippen molar-refractivity contribution in [2.75, 3.05) is 0 Å². The van der Waals surface area contributed by atoms with Crippen LogP contribution in [0.2, 0.25) is 0 Å². The monoisotopic (exact) mass is 300 g/mol. The van der Waals surface area contributed by atoms with Crippen LogP contribution in [0.25, 0.3) is 10.8 Å². The van der Waals surface area contributed by atoms with E-state index < -0.39 is 5.54 Å². The van der Waals surface area contributed by atoms with Gasteiger partial charge in [-0.2, -0.15) is 0 Å². The van der Waals surface area contributed by atoms with Crippen LogP contribution in [0.5, 0.6) is 0 Å². The number of nitrogens with two attached hydrogens (primary N) is 1. The summed E-state index contributed by atoms with van der Waals surface area (Å²) in [5.74, 6) is -0.141. The van der Waals surface area contributed by atoms with E-state index in [2.05, 4.69) is 5.32 Å². The van der Waals surface area contributed by atoms with Crippen LogP contribution < -0.4 is 11.1 Å². The molecule has 0 aliphatic rings. The molecule has 1 amide bonds. The van der Waals surface area contributed by atoms with Crippen LogP contribution in [0, 0.1) is 0 Å². The molecule has 0 radical (unpaired) electrons. The van der Waals surface area contributed by atoms with Crippen molar-refractivity contribution >= 4 is 33.9 Å². The maximum Gasteiger partial charge on any atom is 0.252 e. The first-order valence-electron chi connectivity index (χ1n) is 7.13.